The molecule has 0 atom stereocenters. The van der Waals surface area contributed by atoms with E-state index in [0.717, 1.165) is 27.8 Å². The van der Waals surface area contributed by atoms with E-state index in [9.17, 15) is 0 Å². The average molecular weight is 427 g/mol. The van der Waals surface area contributed by atoms with Crippen LogP contribution in [0.15, 0.2) is 52.8 Å². The predicted octanol–water partition coefficient (Wildman–Crippen LogP) is 4.54. The molecule has 0 saturated carbocycles. The Bertz CT molecular complexity index is 986. The van der Waals surface area contributed by atoms with Crippen molar-refractivity contribution in [3.8, 4) is 27.8 Å². The van der Waals surface area contributed by atoms with Crippen LogP contribution in [0.2, 0.25) is 0 Å². The number of rotatable bonds is 9. The number of anilines is 1. The maximum absolute atomic E-state index is 6.10. The molecule has 3 rings (SSSR count). The fourth-order valence-corrected chi connectivity index (χ4v) is 3.55. The van der Waals surface area contributed by atoms with E-state index < -0.39 is 0 Å². The summed E-state index contributed by atoms with van der Waals surface area (Å²) in [5.41, 5.74) is 8.70. The number of guanidine groups is 1. The smallest absolute Gasteiger partial charge is 0.193 e. The molecule has 0 spiro atoms. The monoisotopic (exact) mass is 426 g/mol. The number of methoxy groups -OCH3 is 1. The van der Waals surface area contributed by atoms with Gasteiger partial charge in [0.05, 0.1) is 38.2 Å². The Morgan fingerprint density at radius 3 is 2.50 bits per heavy atom. The molecule has 0 bridgehead atoms. The van der Waals surface area contributed by atoms with Crippen LogP contribution in [0.1, 0.15) is 19.5 Å². The fourth-order valence-electron chi connectivity index (χ4n) is 2.73. The third-order valence-electron chi connectivity index (χ3n) is 4.12. The Labute approximate surface area is 180 Å². The Hall–Kier alpha value is -3.26. The minimum atomic E-state index is 0.281. The van der Waals surface area contributed by atoms with Crippen LogP contribution in [0.25, 0.3) is 10.6 Å². The lowest BCUT2D eigenvalue weighted by Crippen LogP contribution is -2.23. The molecular formula is C22H26N4O3S. The molecule has 0 saturated heterocycles. The van der Waals surface area contributed by atoms with Gasteiger partial charge in [-0.25, -0.2) is 9.98 Å². The second-order valence-corrected chi connectivity index (χ2v) is 7.08. The minimum Gasteiger partial charge on any atom is -0.497 e. The highest BCUT2D eigenvalue weighted by molar-refractivity contribution is 7.13. The van der Waals surface area contributed by atoms with Crippen molar-refractivity contribution in [2.24, 2.45) is 10.7 Å². The van der Waals surface area contributed by atoms with E-state index in [0.29, 0.717) is 31.2 Å². The molecule has 3 N–H and O–H groups in total. The highest BCUT2D eigenvalue weighted by Crippen LogP contribution is 2.29. The van der Waals surface area contributed by atoms with Gasteiger partial charge in [-0.3, -0.25) is 0 Å². The van der Waals surface area contributed by atoms with Crippen molar-refractivity contribution in [1.29, 1.82) is 0 Å². The third-order valence-corrected chi connectivity index (χ3v) is 5.06. The van der Waals surface area contributed by atoms with E-state index >= 15 is 0 Å². The Morgan fingerprint density at radius 2 is 1.80 bits per heavy atom. The van der Waals surface area contributed by atoms with Gasteiger partial charge in [-0.05, 0) is 50.2 Å². The van der Waals surface area contributed by atoms with E-state index in [1.165, 1.54) is 0 Å². The summed E-state index contributed by atoms with van der Waals surface area (Å²) in [6.07, 6.45) is 0. The van der Waals surface area contributed by atoms with E-state index in [-0.39, 0.29) is 5.96 Å². The predicted molar refractivity (Wildman–Crippen MR) is 122 cm³/mol. The maximum Gasteiger partial charge on any atom is 0.193 e. The SMILES string of the molecule is CCOc1ccc(OCC)c(NC(N)=NCc2csc(-c3ccc(OC)cc3)n2)c1. The average Bonchev–Trinajstić information content (AvgIpc) is 3.24. The topological polar surface area (TPSA) is 91.0 Å². The van der Waals surface area contributed by atoms with Crippen molar-refractivity contribution >= 4 is 23.0 Å². The van der Waals surface area contributed by atoms with Crippen molar-refractivity contribution in [2.75, 3.05) is 25.6 Å². The van der Waals surface area contributed by atoms with Crippen molar-refractivity contribution < 1.29 is 14.2 Å². The summed E-state index contributed by atoms with van der Waals surface area (Å²) in [5, 5.41) is 6.01. The molecule has 0 unspecified atom stereocenters. The van der Waals surface area contributed by atoms with Gasteiger partial charge >= 0.3 is 0 Å². The van der Waals surface area contributed by atoms with Crippen LogP contribution in [0, 0.1) is 0 Å². The van der Waals surface area contributed by atoms with Crippen molar-refractivity contribution in [2.45, 2.75) is 20.4 Å². The van der Waals surface area contributed by atoms with Crippen LogP contribution >= 0.6 is 11.3 Å². The van der Waals surface area contributed by atoms with Gasteiger partial charge in [0.1, 0.15) is 22.3 Å². The van der Waals surface area contributed by atoms with Gasteiger partial charge in [-0.2, -0.15) is 0 Å². The zero-order valence-electron chi connectivity index (χ0n) is 17.3. The summed E-state index contributed by atoms with van der Waals surface area (Å²) in [7, 11) is 1.65. The van der Waals surface area contributed by atoms with Crippen LogP contribution in [-0.2, 0) is 6.54 Å². The quantitative estimate of drug-likeness (QED) is 0.385. The van der Waals surface area contributed by atoms with Crippen molar-refractivity contribution in [1.82, 2.24) is 4.98 Å². The maximum atomic E-state index is 6.10. The minimum absolute atomic E-state index is 0.281. The third kappa shape index (κ3) is 5.64. The Balaban J connectivity index is 1.68. The molecule has 1 aromatic heterocycles. The fraction of sp³-hybridized carbons (Fsp3) is 0.273. The summed E-state index contributed by atoms with van der Waals surface area (Å²) in [5.74, 6) is 2.52. The lowest BCUT2D eigenvalue weighted by atomic mass is 10.2. The van der Waals surface area contributed by atoms with E-state index in [1.807, 2.05) is 61.7 Å². The molecule has 158 valence electrons. The van der Waals surface area contributed by atoms with Crippen molar-refractivity contribution in [3.63, 3.8) is 0 Å². The number of nitrogens with two attached hydrogens (primary N) is 1. The normalized spacial score (nSPS) is 11.2. The molecule has 8 heteroatoms. The zero-order chi connectivity index (χ0) is 21.3. The van der Waals surface area contributed by atoms with Crippen molar-refractivity contribution in [3.05, 3.63) is 53.5 Å². The molecule has 7 nitrogen and oxygen atoms in total. The second kappa shape index (κ2) is 10.5. The number of hydrogen-bond donors (Lipinski definition) is 2. The summed E-state index contributed by atoms with van der Waals surface area (Å²) in [6.45, 7) is 5.37. The Kier molecular flexibility index (Phi) is 7.51. The first-order valence-corrected chi connectivity index (χ1v) is 10.6. The molecule has 0 radical (unpaired) electrons. The van der Waals surface area contributed by atoms with Crippen LogP contribution in [-0.4, -0.2) is 31.3 Å². The number of benzene rings is 2. The number of ether oxygens (including phenoxy) is 3. The first-order valence-electron chi connectivity index (χ1n) is 9.68. The summed E-state index contributed by atoms with van der Waals surface area (Å²) in [6, 6.07) is 13.4. The summed E-state index contributed by atoms with van der Waals surface area (Å²) >= 11 is 1.57. The van der Waals surface area contributed by atoms with Gasteiger partial charge in [0.25, 0.3) is 0 Å². The van der Waals surface area contributed by atoms with Gasteiger partial charge in [-0.15, -0.1) is 11.3 Å². The van der Waals surface area contributed by atoms with Gasteiger partial charge in [0, 0.05) is 17.0 Å². The van der Waals surface area contributed by atoms with E-state index in [1.54, 1.807) is 18.4 Å². The molecule has 0 aliphatic carbocycles. The zero-order valence-corrected chi connectivity index (χ0v) is 18.2. The Morgan fingerprint density at radius 1 is 1.07 bits per heavy atom. The van der Waals surface area contributed by atoms with Crippen LogP contribution in [0.3, 0.4) is 0 Å². The number of aromatic nitrogens is 1. The highest BCUT2D eigenvalue weighted by Gasteiger charge is 2.08. The highest BCUT2D eigenvalue weighted by atomic mass is 32.1. The number of aliphatic imine (C=N–C) groups is 1. The second-order valence-electron chi connectivity index (χ2n) is 6.22. The molecule has 0 fully saturated rings. The van der Waals surface area contributed by atoms with Gasteiger partial charge < -0.3 is 25.3 Å². The van der Waals surface area contributed by atoms with Gasteiger partial charge in [0.15, 0.2) is 5.96 Å². The van der Waals surface area contributed by atoms with Gasteiger partial charge in [0.2, 0.25) is 0 Å². The van der Waals surface area contributed by atoms with Crippen LogP contribution in [0.5, 0.6) is 17.2 Å². The van der Waals surface area contributed by atoms with Crippen LogP contribution < -0.4 is 25.3 Å². The molecular weight excluding hydrogens is 400 g/mol. The molecule has 0 amide bonds. The molecule has 30 heavy (non-hydrogen) atoms. The first-order chi connectivity index (χ1) is 14.6. The number of nitrogens with one attached hydrogen (secondary N) is 1. The van der Waals surface area contributed by atoms with E-state index in [4.69, 9.17) is 19.9 Å². The first kappa shape index (κ1) is 21.4. The summed E-state index contributed by atoms with van der Waals surface area (Å²) in [4.78, 5) is 9.06. The number of nitrogens with zero attached hydrogens (tertiary/aromatic N) is 2. The lowest BCUT2D eigenvalue weighted by molar-refractivity contribution is 0.332. The lowest BCUT2D eigenvalue weighted by Gasteiger charge is -2.13. The molecule has 2 aromatic carbocycles. The standard InChI is InChI=1S/C22H26N4O3S/c1-4-28-18-10-11-20(29-5-2)19(12-18)26-22(23)24-13-16-14-30-21(25-16)15-6-8-17(27-3)9-7-15/h6-12,14H,4-5,13H2,1-3H3,(H3,23,24,26). The number of thiazole rings is 1. The molecule has 0 aliphatic heterocycles. The van der Waals surface area contributed by atoms with Crippen LogP contribution in [0.4, 0.5) is 5.69 Å². The number of hydrogen-bond acceptors (Lipinski definition) is 6. The van der Waals surface area contributed by atoms with E-state index in [2.05, 4.69) is 15.3 Å². The molecule has 1 heterocycles. The van der Waals surface area contributed by atoms with Gasteiger partial charge in [-0.1, -0.05) is 0 Å². The summed E-state index contributed by atoms with van der Waals surface area (Å²) < 4.78 is 16.4. The largest absolute Gasteiger partial charge is 0.497 e. The molecule has 0 aliphatic rings. The molecule has 3 aromatic rings.